The van der Waals surface area contributed by atoms with E-state index in [4.69, 9.17) is 0 Å². The lowest BCUT2D eigenvalue weighted by molar-refractivity contribution is 0.112. The summed E-state index contributed by atoms with van der Waals surface area (Å²) in [6.45, 7) is 1.91. The summed E-state index contributed by atoms with van der Waals surface area (Å²) >= 11 is 0. The molecule has 0 amide bonds. The summed E-state index contributed by atoms with van der Waals surface area (Å²) in [6.07, 6.45) is 3.19. The molecule has 2 heteroatoms. The lowest BCUT2D eigenvalue weighted by atomic mass is 9.65. The summed E-state index contributed by atoms with van der Waals surface area (Å²) in [5, 5.41) is 0. The van der Waals surface area contributed by atoms with Gasteiger partial charge < -0.3 is 0 Å². The largest absolute Gasteiger partial charge is 0.212 e. The van der Waals surface area contributed by atoms with Crippen molar-refractivity contribution in [2.24, 2.45) is 17.8 Å². The maximum absolute atomic E-state index is 12.9. The Bertz CT molecular complexity index is 216. The summed E-state index contributed by atoms with van der Waals surface area (Å²) in [6, 6.07) is 0. The van der Waals surface area contributed by atoms with Gasteiger partial charge in [-0.1, -0.05) is 6.92 Å². The summed E-state index contributed by atoms with van der Waals surface area (Å²) in [5.41, 5.74) is 0. The van der Waals surface area contributed by atoms with Crippen LogP contribution in [-0.4, -0.2) is 0 Å². The number of hydrogen-bond acceptors (Lipinski definition) is 0. The third-order valence-electron chi connectivity index (χ3n) is 2.89. The average molecular weight is 156 g/mol. The molecule has 3 rings (SSSR count). The molecule has 0 nitrogen and oxygen atoms in total. The van der Waals surface area contributed by atoms with Crippen molar-refractivity contribution >= 4 is 0 Å². The van der Waals surface area contributed by atoms with Crippen LogP contribution in [-0.2, 0) is 0 Å². The first-order valence-corrected chi connectivity index (χ1v) is 3.93. The normalized spacial score (nSPS) is 41.9. The van der Waals surface area contributed by atoms with Crippen LogP contribution < -0.4 is 0 Å². The van der Waals surface area contributed by atoms with Gasteiger partial charge >= 0.3 is 0 Å². The third kappa shape index (κ3) is 0.849. The first-order chi connectivity index (χ1) is 5.20. The highest BCUT2D eigenvalue weighted by Gasteiger charge is 2.43. The first-order valence-electron chi connectivity index (χ1n) is 3.93. The molecule has 11 heavy (non-hydrogen) atoms. The zero-order valence-corrected chi connectivity index (χ0v) is 6.35. The fraction of sp³-hybridized carbons (Fsp3) is 0.556. The minimum Gasteiger partial charge on any atom is -0.212 e. The number of halogens is 2. The van der Waals surface area contributed by atoms with Gasteiger partial charge in [-0.3, -0.25) is 0 Å². The highest BCUT2D eigenvalue weighted by Crippen LogP contribution is 2.50. The Hall–Kier alpha value is -0.660. The molecule has 60 valence electrons. The molecule has 0 aliphatic heterocycles. The van der Waals surface area contributed by atoms with Crippen molar-refractivity contribution in [2.45, 2.75) is 13.3 Å². The maximum Gasteiger partial charge on any atom is 0.103 e. The van der Waals surface area contributed by atoms with E-state index in [-0.39, 0.29) is 29.4 Å². The van der Waals surface area contributed by atoms with Gasteiger partial charge in [-0.2, -0.15) is 0 Å². The molecule has 2 bridgehead atoms. The Morgan fingerprint density at radius 1 is 1.18 bits per heavy atom. The number of hydrogen-bond donors (Lipinski definition) is 0. The molecular formula is C9H10F2. The molecule has 1 fully saturated rings. The summed E-state index contributed by atoms with van der Waals surface area (Å²) in [4.78, 5) is 0. The van der Waals surface area contributed by atoms with Crippen LogP contribution in [0.25, 0.3) is 0 Å². The van der Waals surface area contributed by atoms with Crippen LogP contribution in [0.15, 0.2) is 23.8 Å². The van der Waals surface area contributed by atoms with Gasteiger partial charge in [0, 0.05) is 11.8 Å². The average Bonchev–Trinajstić information content (AvgIpc) is 2.15. The smallest absolute Gasteiger partial charge is 0.103 e. The van der Waals surface area contributed by atoms with Crippen molar-refractivity contribution in [2.75, 3.05) is 0 Å². The van der Waals surface area contributed by atoms with Crippen LogP contribution in [0.2, 0.25) is 0 Å². The molecule has 0 aromatic heterocycles. The van der Waals surface area contributed by atoms with Crippen molar-refractivity contribution in [1.29, 1.82) is 0 Å². The van der Waals surface area contributed by atoms with E-state index >= 15 is 0 Å². The van der Waals surface area contributed by atoms with E-state index in [1.165, 1.54) is 12.2 Å². The Kier molecular flexibility index (Phi) is 1.38. The quantitative estimate of drug-likeness (QED) is 0.505. The van der Waals surface area contributed by atoms with Crippen LogP contribution >= 0.6 is 0 Å². The van der Waals surface area contributed by atoms with E-state index < -0.39 is 0 Å². The number of rotatable bonds is 0. The third-order valence-corrected chi connectivity index (χ3v) is 2.89. The van der Waals surface area contributed by atoms with E-state index in [1.807, 2.05) is 6.92 Å². The SMILES string of the molecule is CC1C2C[C@H]1C(F)=CC=C2F. The van der Waals surface area contributed by atoms with Crippen LogP contribution in [0.4, 0.5) is 8.78 Å². The van der Waals surface area contributed by atoms with Gasteiger partial charge in [0.1, 0.15) is 11.7 Å². The molecule has 0 saturated heterocycles. The molecule has 0 spiro atoms. The minimum atomic E-state index is -0.151. The lowest BCUT2D eigenvalue weighted by Crippen LogP contribution is -2.34. The van der Waals surface area contributed by atoms with Gasteiger partial charge in [0.2, 0.25) is 0 Å². The lowest BCUT2D eigenvalue weighted by Gasteiger charge is -2.39. The van der Waals surface area contributed by atoms with E-state index in [1.54, 1.807) is 0 Å². The van der Waals surface area contributed by atoms with Gasteiger partial charge in [-0.15, -0.1) is 0 Å². The van der Waals surface area contributed by atoms with Crippen molar-refractivity contribution in [1.82, 2.24) is 0 Å². The van der Waals surface area contributed by atoms with Crippen LogP contribution in [0, 0.1) is 17.8 Å². The molecule has 0 radical (unpaired) electrons. The van der Waals surface area contributed by atoms with Crippen LogP contribution in [0.5, 0.6) is 0 Å². The Morgan fingerprint density at radius 3 is 2.00 bits per heavy atom. The van der Waals surface area contributed by atoms with Gasteiger partial charge in [0.25, 0.3) is 0 Å². The van der Waals surface area contributed by atoms with Crippen molar-refractivity contribution in [3.63, 3.8) is 0 Å². The molecule has 0 N–H and O–H groups in total. The molecule has 3 atom stereocenters. The topological polar surface area (TPSA) is 0 Å². The molecule has 2 unspecified atom stereocenters. The Balaban J connectivity index is 2.33. The molecule has 0 aromatic carbocycles. The summed E-state index contributed by atoms with van der Waals surface area (Å²) in [5.74, 6) is -0.165. The Morgan fingerprint density at radius 2 is 1.64 bits per heavy atom. The highest BCUT2D eigenvalue weighted by atomic mass is 19.1. The van der Waals surface area contributed by atoms with Crippen molar-refractivity contribution < 1.29 is 8.78 Å². The Labute approximate surface area is 64.6 Å². The van der Waals surface area contributed by atoms with Gasteiger partial charge in [0.05, 0.1) is 0 Å². The second kappa shape index (κ2) is 2.16. The molecule has 3 aliphatic carbocycles. The molecule has 3 aliphatic rings. The fourth-order valence-corrected chi connectivity index (χ4v) is 1.92. The molecule has 1 saturated carbocycles. The van der Waals surface area contributed by atoms with Gasteiger partial charge in [-0.25, -0.2) is 8.78 Å². The first kappa shape index (κ1) is 7.01. The second-order valence-corrected chi connectivity index (χ2v) is 3.41. The molecule has 0 aromatic rings. The predicted molar refractivity (Wildman–Crippen MR) is 39.1 cm³/mol. The van der Waals surface area contributed by atoms with Crippen molar-refractivity contribution in [3.05, 3.63) is 23.8 Å². The van der Waals surface area contributed by atoms with E-state index in [0.717, 1.165) is 0 Å². The van der Waals surface area contributed by atoms with Gasteiger partial charge in [-0.05, 0) is 24.5 Å². The minimum absolute atomic E-state index is 0.00972. The summed E-state index contributed by atoms with van der Waals surface area (Å²) in [7, 11) is 0. The van der Waals surface area contributed by atoms with Crippen molar-refractivity contribution in [3.8, 4) is 0 Å². The zero-order chi connectivity index (χ0) is 8.01. The molecule has 0 heterocycles. The van der Waals surface area contributed by atoms with Gasteiger partial charge in [0.15, 0.2) is 0 Å². The second-order valence-electron chi connectivity index (χ2n) is 3.41. The fourth-order valence-electron chi connectivity index (χ4n) is 1.92. The number of allylic oxidation sites excluding steroid dienone is 4. The van der Waals surface area contributed by atoms with E-state index in [2.05, 4.69) is 0 Å². The van der Waals surface area contributed by atoms with Crippen LogP contribution in [0.3, 0.4) is 0 Å². The number of fused-ring (bicyclic) bond motifs is 1. The van der Waals surface area contributed by atoms with E-state index in [0.29, 0.717) is 6.42 Å². The molecular weight excluding hydrogens is 146 g/mol. The predicted octanol–water partition coefficient (Wildman–Crippen LogP) is 2.98. The maximum atomic E-state index is 12.9. The summed E-state index contributed by atoms with van der Waals surface area (Å²) < 4.78 is 25.9. The highest BCUT2D eigenvalue weighted by molar-refractivity contribution is 5.25. The monoisotopic (exact) mass is 156 g/mol. The van der Waals surface area contributed by atoms with E-state index in [9.17, 15) is 8.78 Å². The standard InChI is InChI=1S/C9H10F2/c1-5-6-4-7(5)9(11)3-2-8(6)10/h2-3,5-7H,4H2,1H3/t5?,6-,7?/m1/s1. The zero-order valence-electron chi connectivity index (χ0n) is 6.35. The van der Waals surface area contributed by atoms with Crippen LogP contribution in [0.1, 0.15) is 13.3 Å².